The minimum atomic E-state index is -0.406. The number of nitrogens with one attached hydrogen (secondary N) is 1. The van der Waals surface area contributed by atoms with Gasteiger partial charge in [-0.05, 0) is 30.2 Å². The standard InChI is InChI=1S/C23H18N4O2S/c1-16-7-9-17(10-8-16)19-11-12-22(27(28)29)20(13-19)14-24-26-23-25-21(15-30-23)18-5-3-2-4-6-18/h2-15H,1H3,(H,25,26). The average molecular weight is 414 g/mol. The molecule has 0 saturated heterocycles. The van der Waals surface area contributed by atoms with E-state index in [1.165, 1.54) is 23.6 Å². The number of hydrogen-bond donors (Lipinski definition) is 1. The smallest absolute Gasteiger partial charge is 0.258 e. The topological polar surface area (TPSA) is 80.4 Å². The Kier molecular flexibility index (Phi) is 5.63. The summed E-state index contributed by atoms with van der Waals surface area (Å²) >= 11 is 1.42. The van der Waals surface area contributed by atoms with E-state index in [0.29, 0.717) is 10.7 Å². The summed E-state index contributed by atoms with van der Waals surface area (Å²) in [6, 6.07) is 22.9. The molecule has 3 aromatic carbocycles. The first-order chi connectivity index (χ1) is 14.6. The molecule has 0 aliphatic heterocycles. The van der Waals surface area contributed by atoms with Gasteiger partial charge < -0.3 is 0 Å². The second-order valence-corrected chi connectivity index (χ2v) is 7.53. The predicted octanol–water partition coefficient (Wildman–Crippen LogP) is 6.14. The normalized spacial score (nSPS) is 11.0. The van der Waals surface area contributed by atoms with Gasteiger partial charge in [0.25, 0.3) is 5.69 Å². The molecule has 0 spiro atoms. The molecule has 0 aliphatic carbocycles. The lowest BCUT2D eigenvalue weighted by atomic mass is 10.0. The fraction of sp³-hybridized carbons (Fsp3) is 0.0435. The summed E-state index contributed by atoms with van der Waals surface area (Å²) in [6.45, 7) is 2.02. The van der Waals surface area contributed by atoms with E-state index in [-0.39, 0.29) is 5.69 Å². The van der Waals surface area contributed by atoms with Crippen LogP contribution in [0.3, 0.4) is 0 Å². The van der Waals surface area contributed by atoms with Gasteiger partial charge in [-0.15, -0.1) is 11.3 Å². The zero-order valence-corrected chi connectivity index (χ0v) is 17.0. The van der Waals surface area contributed by atoms with Crippen LogP contribution in [0.15, 0.2) is 83.3 Å². The monoisotopic (exact) mass is 414 g/mol. The van der Waals surface area contributed by atoms with Crippen LogP contribution in [0.2, 0.25) is 0 Å². The van der Waals surface area contributed by atoms with Crippen LogP contribution in [-0.4, -0.2) is 16.1 Å². The van der Waals surface area contributed by atoms with E-state index in [1.807, 2.05) is 66.9 Å². The number of thiazole rings is 1. The average Bonchev–Trinajstić information content (AvgIpc) is 3.24. The quantitative estimate of drug-likeness (QED) is 0.233. The summed E-state index contributed by atoms with van der Waals surface area (Å²) in [6.07, 6.45) is 1.46. The van der Waals surface area contributed by atoms with Crippen molar-refractivity contribution in [3.05, 3.63) is 99.4 Å². The molecule has 1 N–H and O–H groups in total. The maximum atomic E-state index is 11.4. The molecular formula is C23H18N4O2S. The Morgan fingerprint density at radius 2 is 1.73 bits per heavy atom. The van der Waals surface area contributed by atoms with Crippen LogP contribution in [0.4, 0.5) is 10.8 Å². The van der Waals surface area contributed by atoms with Crippen LogP contribution in [0, 0.1) is 17.0 Å². The summed E-state index contributed by atoms with van der Waals surface area (Å²) < 4.78 is 0. The summed E-state index contributed by atoms with van der Waals surface area (Å²) in [4.78, 5) is 15.5. The molecule has 7 heteroatoms. The van der Waals surface area contributed by atoms with Crippen molar-refractivity contribution < 1.29 is 4.92 Å². The highest BCUT2D eigenvalue weighted by molar-refractivity contribution is 7.14. The third kappa shape index (κ3) is 4.42. The highest BCUT2D eigenvalue weighted by Crippen LogP contribution is 2.27. The molecule has 1 aromatic heterocycles. The Labute approximate surface area is 177 Å². The number of nitro groups is 1. The molecule has 4 aromatic rings. The van der Waals surface area contributed by atoms with Crippen LogP contribution < -0.4 is 5.43 Å². The van der Waals surface area contributed by atoms with Gasteiger partial charge in [0.05, 0.1) is 22.4 Å². The molecule has 0 amide bonds. The Morgan fingerprint density at radius 1 is 1.00 bits per heavy atom. The van der Waals surface area contributed by atoms with Crippen molar-refractivity contribution in [2.75, 3.05) is 5.43 Å². The molecule has 0 saturated carbocycles. The van der Waals surface area contributed by atoms with Crippen LogP contribution in [0.5, 0.6) is 0 Å². The van der Waals surface area contributed by atoms with Crippen LogP contribution in [0.25, 0.3) is 22.4 Å². The summed E-state index contributed by atoms with van der Waals surface area (Å²) in [7, 11) is 0. The second-order valence-electron chi connectivity index (χ2n) is 6.67. The first-order valence-electron chi connectivity index (χ1n) is 9.26. The van der Waals surface area contributed by atoms with Gasteiger partial charge >= 0.3 is 0 Å². The van der Waals surface area contributed by atoms with E-state index in [9.17, 15) is 10.1 Å². The molecule has 1 heterocycles. The van der Waals surface area contributed by atoms with E-state index in [0.717, 1.165) is 27.9 Å². The van der Waals surface area contributed by atoms with Crippen LogP contribution in [-0.2, 0) is 0 Å². The van der Waals surface area contributed by atoms with E-state index < -0.39 is 4.92 Å². The molecule has 0 unspecified atom stereocenters. The van der Waals surface area contributed by atoms with E-state index in [4.69, 9.17) is 0 Å². The molecule has 4 rings (SSSR count). The lowest BCUT2D eigenvalue weighted by Gasteiger charge is -2.05. The third-order valence-electron chi connectivity index (χ3n) is 4.55. The van der Waals surface area contributed by atoms with Crippen molar-refractivity contribution in [3.63, 3.8) is 0 Å². The maximum Gasteiger partial charge on any atom is 0.278 e. The zero-order valence-electron chi connectivity index (χ0n) is 16.1. The second kappa shape index (κ2) is 8.67. The lowest BCUT2D eigenvalue weighted by Crippen LogP contribution is -1.97. The fourth-order valence-electron chi connectivity index (χ4n) is 2.97. The van der Waals surface area contributed by atoms with Gasteiger partial charge in [-0.2, -0.15) is 5.10 Å². The Balaban J connectivity index is 1.56. The number of anilines is 1. The predicted molar refractivity (Wildman–Crippen MR) is 122 cm³/mol. The molecule has 0 atom stereocenters. The number of hydrazone groups is 1. The number of benzene rings is 3. The van der Waals surface area contributed by atoms with Gasteiger partial charge in [0.1, 0.15) is 0 Å². The van der Waals surface area contributed by atoms with E-state index >= 15 is 0 Å². The largest absolute Gasteiger partial charge is 0.278 e. The van der Waals surface area contributed by atoms with Crippen molar-refractivity contribution in [2.24, 2.45) is 5.10 Å². The Hall–Kier alpha value is -3.84. The lowest BCUT2D eigenvalue weighted by molar-refractivity contribution is -0.385. The fourth-order valence-corrected chi connectivity index (χ4v) is 3.64. The van der Waals surface area contributed by atoms with Gasteiger partial charge in [0.2, 0.25) is 5.13 Å². The molecular weight excluding hydrogens is 396 g/mol. The molecule has 0 aliphatic rings. The number of hydrogen-bond acceptors (Lipinski definition) is 6. The highest BCUT2D eigenvalue weighted by atomic mass is 32.1. The van der Waals surface area contributed by atoms with Crippen molar-refractivity contribution in [2.45, 2.75) is 6.92 Å². The molecule has 0 fully saturated rings. The third-order valence-corrected chi connectivity index (χ3v) is 5.29. The Morgan fingerprint density at radius 3 is 2.47 bits per heavy atom. The molecule has 0 radical (unpaired) electrons. The van der Waals surface area contributed by atoms with Crippen LogP contribution >= 0.6 is 11.3 Å². The number of rotatable bonds is 6. The van der Waals surface area contributed by atoms with Crippen molar-refractivity contribution in [3.8, 4) is 22.4 Å². The minimum absolute atomic E-state index is 0.000486. The first kappa shape index (κ1) is 19.5. The maximum absolute atomic E-state index is 11.4. The van der Waals surface area contributed by atoms with Crippen molar-refractivity contribution in [1.29, 1.82) is 0 Å². The number of nitrogens with zero attached hydrogens (tertiary/aromatic N) is 3. The van der Waals surface area contributed by atoms with Gasteiger partial charge in [-0.3, -0.25) is 15.5 Å². The van der Waals surface area contributed by atoms with Gasteiger partial charge in [0.15, 0.2) is 0 Å². The minimum Gasteiger partial charge on any atom is -0.258 e. The number of aromatic nitrogens is 1. The Bertz CT molecular complexity index is 1200. The van der Waals surface area contributed by atoms with Gasteiger partial charge in [-0.1, -0.05) is 60.2 Å². The summed E-state index contributed by atoms with van der Waals surface area (Å²) in [5, 5.41) is 18.2. The molecule has 6 nitrogen and oxygen atoms in total. The highest BCUT2D eigenvalue weighted by Gasteiger charge is 2.13. The number of aryl methyl sites for hydroxylation is 1. The summed E-state index contributed by atoms with van der Waals surface area (Å²) in [5.74, 6) is 0. The van der Waals surface area contributed by atoms with Gasteiger partial charge in [-0.25, -0.2) is 4.98 Å². The first-order valence-corrected chi connectivity index (χ1v) is 10.1. The zero-order chi connectivity index (χ0) is 20.9. The van der Waals surface area contributed by atoms with Gasteiger partial charge in [0, 0.05) is 17.0 Å². The molecule has 30 heavy (non-hydrogen) atoms. The summed E-state index contributed by atoms with van der Waals surface area (Å²) in [5.41, 5.74) is 8.21. The van der Waals surface area contributed by atoms with Crippen LogP contribution in [0.1, 0.15) is 11.1 Å². The van der Waals surface area contributed by atoms with E-state index in [2.05, 4.69) is 15.5 Å². The number of nitro benzene ring substituents is 1. The van der Waals surface area contributed by atoms with Crippen molar-refractivity contribution >= 4 is 28.4 Å². The molecule has 148 valence electrons. The van der Waals surface area contributed by atoms with Crippen molar-refractivity contribution in [1.82, 2.24) is 4.98 Å². The molecule has 0 bridgehead atoms. The SMILES string of the molecule is Cc1ccc(-c2ccc([N+](=O)[O-])c(C=NNc3nc(-c4ccccc4)cs3)c2)cc1. The van der Waals surface area contributed by atoms with E-state index in [1.54, 1.807) is 12.1 Å².